The first-order chi connectivity index (χ1) is 25.5. The summed E-state index contributed by atoms with van der Waals surface area (Å²) in [6.07, 6.45) is 2.04. The zero-order valence-corrected chi connectivity index (χ0v) is 29.9. The smallest absolute Gasteiger partial charge is 0.416 e. The first-order valence-corrected chi connectivity index (χ1v) is 17.1. The third-order valence-electron chi connectivity index (χ3n) is 8.79. The summed E-state index contributed by atoms with van der Waals surface area (Å²) in [5.41, 5.74) is 4.01. The highest BCUT2D eigenvalue weighted by Crippen LogP contribution is 2.29. The Hall–Kier alpha value is -5.81. The van der Waals surface area contributed by atoms with Gasteiger partial charge < -0.3 is 19.4 Å². The number of halogens is 3. The van der Waals surface area contributed by atoms with Gasteiger partial charge in [-0.25, -0.2) is 4.98 Å². The normalized spacial score (nSPS) is 12.1. The van der Waals surface area contributed by atoms with Crippen molar-refractivity contribution in [1.29, 1.82) is 0 Å². The quantitative estimate of drug-likeness (QED) is 0.105. The molecule has 53 heavy (non-hydrogen) atoms. The molecule has 274 valence electrons. The van der Waals surface area contributed by atoms with Crippen LogP contribution in [0.1, 0.15) is 27.8 Å². The van der Waals surface area contributed by atoms with E-state index in [2.05, 4.69) is 14.9 Å². The SMILES string of the molecule is COc1ccc(CN(C)CCN(C)C(=O)[C@H](Cc2ccccc2)N(Cc2ccc(-c3ccccn3)cc2)C(=O)C=Cc2ccc(C(F)(F)F)cc2)cn1. The van der Waals surface area contributed by atoms with Crippen LogP contribution in [0.25, 0.3) is 17.3 Å². The molecule has 2 aromatic heterocycles. The molecule has 0 fully saturated rings. The number of nitrogens with zero attached hydrogens (tertiary/aromatic N) is 5. The molecule has 0 saturated carbocycles. The summed E-state index contributed by atoms with van der Waals surface area (Å²) >= 11 is 0. The van der Waals surface area contributed by atoms with Crippen LogP contribution < -0.4 is 4.74 Å². The van der Waals surface area contributed by atoms with Crippen molar-refractivity contribution in [3.05, 3.63) is 155 Å². The second-order valence-corrected chi connectivity index (χ2v) is 12.7. The van der Waals surface area contributed by atoms with Crippen LogP contribution >= 0.6 is 0 Å². The molecular weight excluding hydrogens is 679 g/mol. The molecule has 0 aliphatic rings. The van der Waals surface area contributed by atoms with Crippen molar-refractivity contribution in [3.63, 3.8) is 0 Å². The van der Waals surface area contributed by atoms with E-state index in [1.165, 1.54) is 29.2 Å². The summed E-state index contributed by atoms with van der Waals surface area (Å²) in [5.74, 6) is -0.163. The molecule has 5 rings (SSSR count). The lowest BCUT2D eigenvalue weighted by molar-refractivity contribution is -0.143. The minimum Gasteiger partial charge on any atom is -0.481 e. The van der Waals surface area contributed by atoms with Gasteiger partial charge in [-0.05, 0) is 59.6 Å². The summed E-state index contributed by atoms with van der Waals surface area (Å²) in [7, 11) is 5.25. The molecule has 2 heterocycles. The van der Waals surface area contributed by atoms with Crippen LogP contribution in [-0.2, 0) is 35.3 Å². The van der Waals surface area contributed by atoms with E-state index >= 15 is 0 Å². The molecule has 11 heteroatoms. The van der Waals surface area contributed by atoms with Gasteiger partial charge in [-0.2, -0.15) is 13.2 Å². The minimum absolute atomic E-state index is 0.111. The van der Waals surface area contributed by atoms with Gasteiger partial charge in [-0.3, -0.25) is 14.6 Å². The number of likely N-dealkylation sites (N-methyl/N-ethyl adjacent to an activating group) is 2. The Morgan fingerprint density at radius 3 is 2.09 bits per heavy atom. The predicted molar refractivity (Wildman–Crippen MR) is 199 cm³/mol. The molecule has 0 aliphatic heterocycles. The molecule has 8 nitrogen and oxygen atoms in total. The largest absolute Gasteiger partial charge is 0.481 e. The molecule has 0 radical (unpaired) electrons. The second kappa shape index (κ2) is 18.1. The Bertz CT molecular complexity index is 1940. The van der Waals surface area contributed by atoms with E-state index in [4.69, 9.17) is 4.74 Å². The molecule has 0 N–H and O–H groups in total. The molecular formula is C42H42F3N5O3. The highest BCUT2D eigenvalue weighted by atomic mass is 19.4. The first-order valence-electron chi connectivity index (χ1n) is 17.1. The molecule has 2 amide bonds. The Morgan fingerprint density at radius 2 is 1.47 bits per heavy atom. The maximum absolute atomic E-state index is 14.4. The lowest BCUT2D eigenvalue weighted by Gasteiger charge is -2.34. The molecule has 5 aromatic rings. The standard InChI is InChI=1S/C42H42F3N5O3/c1-48(29-34-16-22-39(53-3)47-28-34)25-26-49(2)41(52)38(27-32-9-5-4-6-10-32)50(30-33-12-18-35(19-13-33)37-11-7-8-24-46-37)40(51)23-17-31-14-20-36(21-15-31)42(43,44)45/h4-24,28,38H,25-27,29-30H2,1-3H3/t38-/m0/s1. The lowest BCUT2D eigenvalue weighted by atomic mass is 10.0. The van der Waals surface area contributed by atoms with Gasteiger partial charge in [0.15, 0.2) is 0 Å². The van der Waals surface area contributed by atoms with E-state index in [-0.39, 0.29) is 18.9 Å². The number of rotatable bonds is 15. The van der Waals surface area contributed by atoms with Crippen molar-refractivity contribution in [2.75, 3.05) is 34.3 Å². The molecule has 0 spiro atoms. The van der Waals surface area contributed by atoms with Crippen LogP contribution in [0.15, 0.2) is 128 Å². The number of ether oxygens (including phenoxy) is 1. The molecule has 0 bridgehead atoms. The van der Waals surface area contributed by atoms with Crippen LogP contribution in [-0.4, -0.2) is 76.8 Å². The monoisotopic (exact) mass is 721 g/mol. The van der Waals surface area contributed by atoms with E-state index in [1.54, 1.807) is 37.5 Å². The molecule has 1 atom stereocenters. The van der Waals surface area contributed by atoms with Gasteiger partial charge in [0.05, 0.1) is 18.4 Å². The number of carbonyl (C=O) groups excluding carboxylic acids is 2. The van der Waals surface area contributed by atoms with E-state index in [9.17, 15) is 22.8 Å². The first kappa shape index (κ1) is 38.4. The van der Waals surface area contributed by atoms with E-state index in [0.717, 1.165) is 40.1 Å². The van der Waals surface area contributed by atoms with Gasteiger partial charge in [0.25, 0.3) is 0 Å². The number of methoxy groups -OCH3 is 1. The summed E-state index contributed by atoms with van der Waals surface area (Å²) in [4.78, 5) is 42.5. The Balaban J connectivity index is 1.41. The van der Waals surface area contributed by atoms with Gasteiger partial charge in [0.1, 0.15) is 6.04 Å². The fraction of sp³-hybridized carbons (Fsp3) is 0.238. The Labute approximate surface area is 308 Å². The van der Waals surface area contributed by atoms with Crippen LogP contribution in [0.2, 0.25) is 0 Å². The van der Waals surface area contributed by atoms with E-state index in [0.29, 0.717) is 31.1 Å². The maximum atomic E-state index is 14.4. The number of hydrogen-bond donors (Lipinski definition) is 0. The number of amides is 2. The molecule has 0 unspecified atom stereocenters. The predicted octanol–water partition coefficient (Wildman–Crippen LogP) is 7.41. The van der Waals surface area contributed by atoms with Crippen LogP contribution in [0.3, 0.4) is 0 Å². The van der Waals surface area contributed by atoms with Crippen LogP contribution in [0.5, 0.6) is 5.88 Å². The third-order valence-corrected chi connectivity index (χ3v) is 8.79. The molecule has 3 aromatic carbocycles. The van der Waals surface area contributed by atoms with Crippen molar-refractivity contribution in [2.45, 2.75) is 31.7 Å². The Morgan fingerprint density at radius 1 is 0.774 bits per heavy atom. The second-order valence-electron chi connectivity index (χ2n) is 12.7. The number of pyridine rings is 2. The van der Waals surface area contributed by atoms with Crippen LogP contribution in [0.4, 0.5) is 13.2 Å². The van der Waals surface area contributed by atoms with Gasteiger partial charge in [0, 0.05) is 69.7 Å². The zero-order valence-electron chi connectivity index (χ0n) is 29.9. The van der Waals surface area contributed by atoms with Crippen molar-refractivity contribution in [1.82, 2.24) is 24.7 Å². The number of alkyl halides is 3. The van der Waals surface area contributed by atoms with Gasteiger partial charge in [-0.15, -0.1) is 0 Å². The lowest BCUT2D eigenvalue weighted by Crippen LogP contribution is -2.51. The van der Waals surface area contributed by atoms with Crippen molar-refractivity contribution < 1.29 is 27.5 Å². The highest BCUT2D eigenvalue weighted by Gasteiger charge is 2.32. The van der Waals surface area contributed by atoms with Crippen molar-refractivity contribution >= 4 is 17.9 Å². The fourth-order valence-corrected chi connectivity index (χ4v) is 5.77. The van der Waals surface area contributed by atoms with Gasteiger partial charge in [0.2, 0.25) is 17.7 Å². The average molecular weight is 722 g/mol. The summed E-state index contributed by atoms with van der Waals surface area (Å²) < 4.78 is 44.7. The maximum Gasteiger partial charge on any atom is 0.416 e. The van der Waals surface area contributed by atoms with Gasteiger partial charge >= 0.3 is 6.18 Å². The summed E-state index contributed by atoms with van der Waals surface area (Å²) in [5, 5.41) is 0. The fourth-order valence-electron chi connectivity index (χ4n) is 5.77. The minimum atomic E-state index is -4.47. The molecule has 0 saturated heterocycles. The Kier molecular flexibility index (Phi) is 13.1. The number of hydrogen-bond acceptors (Lipinski definition) is 6. The highest BCUT2D eigenvalue weighted by molar-refractivity contribution is 5.95. The van der Waals surface area contributed by atoms with Crippen LogP contribution in [0, 0.1) is 0 Å². The van der Waals surface area contributed by atoms with Crippen molar-refractivity contribution in [2.24, 2.45) is 0 Å². The third kappa shape index (κ3) is 11.1. The average Bonchev–Trinajstić information content (AvgIpc) is 3.18. The van der Waals surface area contributed by atoms with E-state index < -0.39 is 23.7 Å². The summed E-state index contributed by atoms with van der Waals surface area (Å²) in [6.45, 7) is 1.68. The zero-order chi connectivity index (χ0) is 37.8. The number of aromatic nitrogens is 2. The van der Waals surface area contributed by atoms with Crippen molar-refractivity contribution in [3.8, 4) is 17.1 Å². The summed E-state index contributed by atoms with van der Waals surface area (Å²) in [6, 6.07) is 30.2. The number of benzene rings is 3. The molecule has 0 aliphatic carbocycles. The topological polar surface area (TPSA) is 78.9 Å². The van der Waals surface area contributed by atoms with E-state index in [1.807, 2.05) is 85.9 Å². The van der Waals surface area contributed by atoms with Gasteiger partial charge in [-0.1, -0.05) is 78.9 Å². The number of carbonyl (C=O) groups is 2.